The Morgan fingerprint density at radius 3 is 2.04 bits per heavy atom. The van der Waals surface area contributed by atoms with E-state index in [0.717, 1.165) is 22.4 Å². The summed E-state index contributed by atoms with van der Waals surface area (Å²) in [6.07, 6.45) is 1.54. The van der Waals surface area contributed by atoms with Crippen LogP contribution in [0.1, 0.15) is 11.7 Å². The molecule has 0 aliphatic carbocycles. The zero-order valence-electron chi connectivity index (χ0n) is 12.4. The van der Waals surface area contributed by atoms with Crippen molar-refractivity contribution in [2.24, 2.45) is 0 Å². The van der Waals surface area contributed by atoms with Crippen LogP contribution in [0.2, 0.25) is 0 Å². The van der Waals surface area contributed by atoms with Gasteiger partial charge in [-0.2, -0.15) is 15.0 Å². The molecule has 5 heteroatoms. The molecule has 2 aromatic heterocycles. The van der Waals surface area contributed by atoms with Gasteiger partial charge in [0.05, 0.1) is 0 Å². The molecule has 4 rings (SSSR count). The third-order valence-corrected chi connectivity index (χ3v) is 3.60. The second kappa shape index (κ2) is 5.88. The summed E-state index contributed by atoms with van der Waals surface area (Å²) in [7, 11) is 0. The molecule has 0 saturated heterocycles. The van der Waals surface area contributed by atoms with Crippen molar-refractivity contribution < 1.29 is 0 Å². The molecule has 1 unspecified atom stereocenters. The number of aromatic nitrogens is 4. The number of pyridine rings is 1. The molecule has 0 bridgehead atoms. The van der Waals surface area contributed by atoms with Gasteiger partial charge in [-0.25, -0.2) is 4.98 Å². The molecule has 0 aliphatic rings. The summed E-state index contributed by atoms with van der Waals surface area (Å²) in [5.74, 6) is 0.780. The maximum absolute atomic E-state index is 4.60. The van der Waals surface area contributed by atoms with Crippen molar-refractivity contribution in [3.8, 4) is 0 Å². The van der Waals surface area contributed by atoms with Crippen molar-refractivity contribution in [3.05, 3.63) is 84.6 Å². The average molecular weight is 301 g/mol. The van der Waals surface area contributed by atoms with E-state index in [2.05, 4.69) is 32.6 Å². The Hall–Kier alpha value is -3.21. The largest absolute Gasteiger partial charge is 0.343 e. The minimum Gasteiger partial charge on any atom is -0.343 e. The van der Waals surface area contributed by atoms with Crippen LogP contribution in [0.25, 0.3) is 11.0 Å². The Morgan fingerprint density at radius 2 is 1.39 bits per heavy atom. The van der Waals surface area contributed by atoms with E-state index >= 15 is 0 Å². The predicted octanol–water partition coefficient (Wildman–Crippen LogP) is 3.49. The molecule has 2 heterocycles. The fraction of sp³-hybridized carbons (Fsp3) is 0.0556. The second-order valence-corrected chi connectivity index (χ2v) is 5.18. The van der Waals surface area contributed by atoms with Crippen molar-refractivity contribution >= 4 is 16.9 Å². The maximum Gasteiger partial charge on any atom is 0.167 e. The van der Waals surface area contributed by atoms with Gasteiger partial charge in [-0.1, -0.05) is 48.5 Å². The van der Waals surface area contributed by atoms with Gasteiger partial charge in [0.15, 0.2) is 6.17 Å². The zero-order chi connectivity index (χ0) is 15.5. The van der Waals surface area contributed by atoms with Crippen LogP contribution in [0.3, 0.4) is 0 Å². The summed E-state index contributed by atoms with van der Waals surface area (Å²) in [6.45, 7) is 0. The molecule has 0 saturated carbocycles. The van der Waals surface area contributed by atoms with E-state index in [0.29, 0.717) is 0 Å². The molecule has 4 aromatic rings. The fourth-order valence-electron chi connectivity index (χ4n) is 2.49. The number of rotatable bonds is 4. The summed E-state index contributed by atoms with van der Waals surface area (Å²) in [6, 6.07) is 23.7. The highest BCUT2D eigenvalue weighted by molar-refractivity contribution is 5.73. The molecule has 0 amide bonds. The van der Waals surface area contributed by atoms with Crippen LogP contribution in [0, 0.1) is 0 Å². The van der Waals surface area contributed by atoms with E-state index < -0.39 is 0 Å². The number of hydrogen-bond acceptors (Lipinski definition) is 4. The number of fused-ring (bicyclic) bond motifs is 1. The highest BCUT2D eigenvalue weighted by Gasteiger charge is 2.17. The van der Waals surface area contributed by atoms with Gasteiger partial charge >= 0.3 is 0 Å². The van der Waals surface area contributed by atoms with Crippen LogP contribution in [0.15, 0.2) is 79.0 Å². The van der Waals surface area contributed by atoms with Crippen LogP contribution in [0.4, 0.5) is 5.82 Å². The number of nitrogens with one attached hydrogen (secondary N) is 1. The molecule has 112 valence electrons. The van der Waals surface area contributed by atoms with Gasteiger partial charge in [-0.15, -0.1) is 0 Å². The number of anilines is 1. The maximum atomic E-state index is 4.60. The van der Waals surface area contributed by atoms with Crippen LogP contribution in [-0.2, 0) is 0 Å². The smallest absolute Gasteiger partial charge is 0.167 e. The van der Waals surface area contributed by atoms with Gasteiger partial charge in [0.1, 0.15) is 16.9 Å². The predicted molar refractivity (Wildman–Crippen MR) is 90.0 cm³/mol. The molecule has 1 atom stereocenters. The molecule has 0 spiro atoms. The Labute approximate surface area is 133 Å². The molecule has 0 radical (unpaired) electrons. The second-order valence-electron chi connectivity index (χ2n) is 5.18. The topological polar surface area (TPSA) is 55.6 Å². The van der Waals surface area contributed by atoms with Crippen molar-refractivity contribution in [1.82, 2.24) is 20.0 Å². The highest BCUT2D eigenvalue weighted by atomic mass is 15.5. The van der Waals surface area contributed by atoms with Crippen LogP contribution < -0.4 is 5.32 Å². The molecule has 2 aromatic carbocycles. The quantitative estimate of drug-likeness (QED) is 0.627. The third-order valence-electron chi connectivity index (χ3n) is 3.60. The minimum absolute atomic E-state index is 0.224. The Kier molecular flexibility index (Phi) is 3.44. The minimum atomic E-state index is -0.224. The Morgan fingerprint density at radius 1 is 0.739 bits per heavy atom. The summed E-state index contributed by atoms with van der Waals surface area (Å²) in [5.41, 5.74) is 2.81. The molecule has 5 nitrogen and oxygen atoms in total. The standard InChI is InChI=1S/C18H15N5/c1-2-8-14(9-3-1)18(20-17-12-6-7-13-19-17)23-21-15-10-4-5-11-16(15)22-23/h1-13,18H,(H,19,20). The van der Waals surface area contributed by atoms with Crippen LogP contribution in [0.5, 0.6) is 0 Å². The van der Waals surface area contributed by atoms with E-state index in [-0.39, 0.29) is 6.17 Å². The molecular formula is C18H15N5. The number of benzene rings is 2. The van der Waals surface area contributed by atoms with E-state index in [1.54, 1.807) is 11.0 Å². The zero-order valence-corrected chi connectivity index (χ0v) is 12.4. The summed E-state index contributed by atoms with van der Waals surface area (Å²) >= 11 is 0. The SMILES string of the molecule is c1ccc(C(Nc2ccccn2)n2nc3ccccc3n2)cc1. The van der Waals surface area contributed by atoms with Crippen molar-refractivity contribution in [3.63, 3.8) is 0 Å². The van der Waals surface area contributed by atoms with Crippen LogP contribution >= 0.6 is 0 Å². The van der Waals surface area contributed by atoms with Gasteiger partial charge < -0.3 is 5.32 Å². The fourth-order valence-corrected chi connectivity index (χ4v) is 2.49. The molecule has 0 aliphatic heterocycles. The van der Waals surface area contributed by atoms with Gasteiger partial charge in [-0.05, 0) is 29.8 Å². The van der Waals surface area contributed by atoms with E-state index in [1.165, 1.54) is 0 Å². The molecule has 1 N–H and O–H groups in total. The lowest BCUT2D eigenvalue weighted by molar-refractivity contribution is 0.509. The Balaban J connectivity index is 1.78. The molecule has 0 fully saturated rings. The molecular weight excluding hydrogens is 286 g/mol. The van der Waals surface area contributed by atoms with Gasteiger partial charge in [0, 0.05) is 6.20 Å². The first-order valence-corrected chi connectivity index (χ1v) is 7.44. The lowest BCUT2D eigenvalue weighted by atomic mass is 10.2. The number of hydrogen-bond donors (Lipinski definition) is 1. The van der Waals surface area contributed by atoms with Crippen molar-refractivity contribution in [2.45, 2.75) is 6.17 Å². The first-order chi connectivity index (χ1) is 11.4. The van der Waals surface area contributed by atoms with E-state index in [1.807, 2.05) is 60.7 Å². The van der Waals surface area contributed by atoms with Gasteiger partial charge in [-0.3, -0.25) is 0 Å². The lowest BCUT2D eigenvalue weighted by Crippen LogP contribution is -2.22. The van der Waals surface area contributed by atoms with Crippen molar-refractivity contribution in [1.29, 1.82) is 0 Å². The van der Waals surface area contributed by atoms with Gasteiger partial charge in [0.25, 0.3) is 0 Å². The van der Waals surface area contributed by atoms with E-state index in [4.69, 9.17) is 0 Å². The summed E-state index contributed by atoms with van der Waals surface area (Å²) in [5, 5.41) is 12.6. The first-order valence-electron chi connectivity index (χ1n) is 7.44. The third kappa shape index (κ3) is 2.76. The summed E-state index contributed by atoms with van der Waals surface area (Å²) in [4.78, 5) is 6.05. The van der Waals surface area contributed by atoms with E-state index in [9.17, 15) is 0 Å². The van der Waals surface area contributed by atoms with Crippen LogP contribution in [-0.4, -0.2) is 20.0 Å². The monoisotopic (exact) mass is 301 g/mol. The average Bonchev–Trinajstić information content (AvgIpc) is 3.05. The lowest BCUT2D eigenvalue weighted by Gasteiger charge is -2.18. The Bertz CT molecular complexity index is 869. The first kappa shape index (κ1) is 13.5. The summed E-state index contributed by atoms with van der Waals surface area (Å²) < 4.78 is 0. The molecule has 23 heavy (non-hydrogen) atoms. The highest BCUT2D eigenvalue weighted by Crippen LogP contribution is 2.20. The van der Waals surface area contributed by atoms with Crippen molar-refractivity contribution in [2.75, 3.05) is 5.32 Å². The number of nitrogens with zero attached hydrogens (tertiary/aromatic N) is 4. The van der Waals surface area contributed by atoms with Gasteiger partial charge in [0.2, 0.25) is 0 Å². The normalized spacial score (nSPS) is 12.2.